The first-order valence-corrected chi connectivity index (χ1v) is 6.35. The minimum atomic E-state index is -0.667. The first-order valence-electron chi connectivity index (χ1n) is 6.35. The van der Waals surface area contributed by atoms with E-state index < -0.39 is 11.9 Å². The Kier molecular flexibility index (Phi) is 4.35. The molecule has 2 aromatic rings. The maximum atomic E-state index is 13.0. The summed E-state index contributed by atoms with van der Waals surface area (Å²) in [6.45, 7) is 3.56. The molecule has 1 N–H and O–H groups in total. The van der Waals surface area contributed by atoms with Crippen molar-refractivity contribution in [3.63, 3.8) is 0 Å². The smallest absolute Gasteiger partial charge is 0.265 e. The minimum absolute atomic E-state index is 0.321. The minimum Gasteiger partial charge on any atom is -0.481 e. The van der Waals surface area contributed by atoms with E-state index in [0.29, 0.717) is 11.4 Å². The number of nitrogens with one attached hydrogen (secondary N) is 1. The highest BCUT2D eigenvalue weighted by Crippen LogP contribution is 2.18. The highest BCUT2D eigenvalue weighted by Gasteiger charge is 2.15. The fraction of sp³-hybridized carbons (Fsp3) is 0.188. The molecule has 0 bridgehead atoms. The largest absolute Gasteiger partial charge is 0.481 e. The van der Waals surface area contributed by atoms with Crippen molar-refractivity contribution in [2.24, 2.45) is 0 Å². The second kappa shape index (κ2) is 6.19. The van der Waals surface area contributed by atoms with Gasteiger partial charge in [-0.05, 0) is 43.7 Å². The average Bonchev–Trinajstić information content (AvgIpc) is 2.41. The van der Waals surface area contributed by atoms with Gasteiger partial charge in [0.05, 0.1) is 0 Å². The highest BCUT2D eigenvalue weighted by atomic mass is 19.1. The fourth-order valence-corrected chi connectivity index (χ4v) is 1.74. The van der Waals surface area contributed by atoms with Gasteiger partial charge in [-0.2, -0.15) is 0 Å². The molecule has 0 aliphatic carbocycles. The fourth-order valence-electron chi connectivity index (χ4n) is 1.74. The van der Waals surface area contributed by atoms with Crippen LogP contribution in [0.25, 0.3) is 0 Å². The van der Waals surface area contributed by atoms with Gasteiger partial charge in [-0.15, -0.1) is 0 Å². The monoisotopic (exact) mass is 273 g/mol. The van der Waals surface area contributed by atoms with Crippen LogP contribution in [-0.2, 0) is 4.79 Å². The zero-order chi connectivity index (χ0) is 14.5. The number of rotatable bonds is 4. The van der Waals surface area contributed by atoms with Gasteiger partial charge in [-0.1, -0.05) is 24.3 Å². The topological polar surface area (TPSA) is 38.3 Å². The third-order valence-corrected chi connectivity index (χ3v) is 2.86. The van der Waals surface area contributed by atoms with E-state index in [1.54, 1.807) is 19.1 Å². The molecule has 0 fully saturated rings. The number of benzene rings is 2. The summed E-state index contributed by atoms with van der Waals surface area (Å²) in [7, 11) is 0. The van der Waals surface area contributed by atoms with Crippen LogP contribution in [0.5, 0.6) is 5.75 Å². The zero-order valence-corrected chi connectivity index (χ0v) is 11.4. The van der Waals surface area contributed by atoms with Crippen molar-refractivity contribution in [2.75, 3.05) is 5.32 Å². The molecule has 0 unspecified atom stereocenters. The van der Waals surface area contributed by atoms with E-state index in [1.807, 2.05) is 25.1 Å². The summed E-state index contributed by atoms with van der Waals surface area (Å²) in [4.78, 5) is 12.0. The van der Waals surface area contributed by atoms with Crippen LogP contribution >= 0.6 is 0 Å². The lowest BCUT2D eigenvalue weighted by Gasteiger charge is -2.16. The van der Waals surface area contributed by atoms with Gasteiger partial charge >= 0.3 is 0 Å². The van der Waals surface area contributed by atoms with Crippen LogP contribution in [0.15, 0.2) is 48.5 Å². The van der Waals surface area contributed by atoms with E-state index in [0.717, 1.165) is 5.56 Å². The molecule has 0 aromatic heterocycles. The van der Waals surface area contributed by atoms with E-state index in [1.165, 1.54) is 18.2 Å². The number of amides is 1. The van der Waals surface area contributed by atoms with Gasteiger partial charge < -0.3 is 10.1 Å². The quantitative estimate of drug-likeness (QED) is 0.925. The van der Waals surface area contributed by atoms with Crippen LogP contribution in [0, 0.1) is 12.7 Å². The Hall–Kier alpha value is -2.36. The Labute approximate surface area is 117 Å². The number of anilines is 1. The average molecular weight is 273 g/mol. The van der Waals surface area contributed by atoms with Crippen LogP contribution in [-0.4, -0.2) is 12.0 Å². The highest BCUT2D eigenvalue weighted by molar-refractivity contribution is 5.94. The number of hydrogen-bond acceptors (Lipinski definition) is 2. The van der Waals surface area contributed by atoms with Gasteiger partial charge in [0.15, 0.2) is 6.10 Å². The summed E-state index contributed by atoms with van der Waals surface area (Å²) < 4.78 is 18.6. The first-order chi connectivity index (χ1) is 9.56. The molecule has 0 saturated heterocycles. The van der Waals surface area contributed by atoms with E-state index in [2.05, 4.69) is 5.32 Å². The second-order valence-electron chi connectivity index (χ2n) is 4.53. The number of aryl methyl sites for hydroxylation is 1. The number of halogens is 1. The van der Waals surface area contributed by atoms with Crippen LogP contribution in [0.3, 0.4) is 0 Å². The number of ether oxygens (including phenoxy) is 1. The van der Waals surface area contributed by atoms with Crippen molar-refractivity contribution in [3.05, 3.63) is 59.9 Å². The third kappa shape index (κ3) is 3.57. The van der Waals surface area contributed by atoms with Crippen LogP contribution in [0.2, 0.25) is 0 Å². The van der Waals surface area contributed by atoms with E-state index in [9.17, 15) is 9.18 Å². The van der Waals surface area contributed by atoms with Crippen LogP contribution < -0.4 is 10.1 Å². The predicted octanol–water partition coefficient (Wildman–Crippen LogP) is 3.54. The van der Waals surface area contributed by atoms with Crippen molar-refractivity contribution in [1.29, 1.82) is 0 Å². The zero-order valence-electron chi connectivity index (χ0n) is 11.4. The van der Waals surface area contributed by atoms with Crippen molar-refractivity contribution >= 4 is 11.6 Å². The summed E-state index contributed by atoms with van der Waals surface area (Å²) in [5.74, 6) is -0.0523. The molecular formula is C16H16FNO2. The van der Waals surface area contributed by atoms with E-state index >= 15 is 0 Å². The predicted molar refractivity (Wildman–Crippen MR) is 76.3 cm³/mol. The Morgan fingerprint density at radius 3 is 2.65 bits per heavy atom. The number of hydrogen-bond donors (Lipinski definition) is 1. The van der Waals surface area contributed by atoms with Gasteiger partial charge in [0, 0.05) is 5.69 Å². The Balaban J connectivity index is 2.01. The maximum Gasteiger partial charge on any atom is 0.265 e. The molecule has 4 heteroatoms. The molecule has 0 aliphatic heterocycles. The lowest BCUT2D eigenvalue weighted by Crippen LogP contribution is -2.30. The number of carbonyl (C=O) groups excluding carboxylic acids is 1. The lowest BCUT2D eigenvalue weighted by molar-refractivity contribution is -0.122. The van der Waals surface area contributed by atoms with Gasteiger partial charge in [-0.3, -0.25) is 4.79 Å². The van der Waals surface area contributed by atoms with Gasteiger partial charge in [0.1, 0.15) is 11.6 Å². The summed E-state index contributed by atoms with van der Waals surface area (Å²) in [5.41, 5.74) is 1.37. The molecule has 0 spiro atoms. The van der Waals surface area contributed by atoms with Crippen molar-refractivity contribution in [1.82, 2.24) is 0 Å². The molecule has 2 aromatic carbocycles. The second-order valence-corrected chi connectivity index (χ2v) is 4.53. The van der Waals surface area contributed by atoms with Crippen LogP contribution in [0.4, 0.5) is 10.1 Å². The molecule has 0 radical (unpaired) electrons. The molecule has 20 heavy (non-hydrogen) atoms. The molecule has 1 atom stereocenters. The summed E-state index contributed by atoms with van der Waals surface area (Å²) in [5, 5.41) is 2.62. The maximum absolute atomic E-state index is 13.0. The van der Waals surface area contributed by atoms with Crippen LogP contribution in [0.1, 0.15) is 12.5 Å². The lowest BCUT2D eigenvalue weighted by atomic mass is 10.2. The molecule has 1 amide bonds. The molecule has 0 heterocycles. The Bertz CT molecular complexity index is 613. The van der Waals surface area contributed by atoms with E-state index in [-0.39, 0.29) is 5.91 Å². The van der Waals surface area contributed by atoms with Crippen molar-refractivity contribution < 1.29 is 13.9 Å². The summed E-state index contributed by atoms with van der Waals surface area (Å²) >= 11 is 0. The molecular weight excluding hydrogens is 257 g/mol. The molecule has 0 saturated carbocycles. The molecule has 0 aliphatic rings. The third-order valence-electron chi connectivity index (χ3n) is 2.86. The van der Waals surface area contributed by atoms with E-state index in [4.69, 9.17) is 4.74 Å². The van der Waals surface area contributed by atoms with Gasteiger partial charge in [-0.25, -0.2) is 4.39 Å². The molecule has 3 nitrogen and oxygen atoms in total. The standard InChI is InChI=1S/C16H16FNO2/c1-11-6-3-4-9-15(11)20-12(2)16(19)18-14-8-5-7-13(17)10-14/h3-10,12H,1-2H3,(H,18,19)/t12-/m1/s1. The number of carbonyl (C=O) groups is 1. The SMILES string of the molecule is Cc1ccccc1O[C@H](C)C(=O)Nc1cccc(F)c1. The molecule has 104 valence electrons. The Morgan fingerprint density at radius 2 is 1.95 bits per heavy atom. The van der Waals surface area contributed by atoms with Gasteiger partial charge in [0.2, 0.25) is 0 Å². The van der Waals surface area contributed by atoms with Crippen molar-refractivity contribution in [2.45, 2.75) is 20.0 Å². The normalized spacial score (nSPS) is 11.8. The first kappa shape index (κ1) is 14.1. The summed E-state index contributed by atoms with van der Waals surface area (Å²) in [6, 6.07) is 13.2. The van der Waals surface area contributed by atoms with Gasteiger partial charge in [0.25, 0.3) is 5.91 Å². The Morgan fingerprint density at radius 1 is 1.20 bits per heavy atom. The van der Waals surface area contributed by atoms with Crippen molar-refractivity contribution in [3.8, 4) is 5.75 Å². The summed E-state index contributed by atoms with van der Waals surface area (Å²) in [6.07, 6.45) is -0.667. The number of para-hydroxylation sites is 1. The molecule has 2 rings (SSSR count).